The van der Waals surface area contributed by atoms with Crippen LogP contribution < -0.4 is 27.2 Å². The van der Waals surface area contributed by atoms with Crippen LogP contribution >= 0.6 is 0 Å². The predicted octanol–water partition coefficient (Wildman–Crippen LogP) is 2.43. The van der Waals surface area contributed by atoms with E-state index in [0.717, 1.165) is 17.4 Å². The molecule has 1 saturated heterocycles. The summed E-state index contributed by atoms with van der Waals surface area (Å²) in [6.07, 6.45) is 4.80. The zero-order valence-electron chi connectivity index (χ0n) is 23.6. The number of fused-ring (bicyclic) bond motifs is 1. The maximum atomic E-state index is 13.8. The van der Waals surface area contributed by atoms with Crippen LogP contribution in [0.4, 0.5) is 16.4 Å². The van der Waals surface area contributed by atoms with Gasteiger partial charge >= 0.3 is 11.8 Å². The first-order valence-electron chi connectivity index (χ1n) is 13.3. The summed E-state index contributed by atoms with van der Waals surface area (Å²) in [6.45, 7) is 8.28. The monoisotopic (exact) mass is 551 g/mol. The second-order valence-corrected chi connectivity index (χ2v) is 10.9. The molecule has 1 aliphatic heterocycles. The van der Waals surface area contributed by atoms with Crippen LogP contribution in [0.25, 0.3) is 11.2 Å². The summed E-state index contributed by atoms with van der Waals surface area (Å²) < 4.78 is 9.39. The Hall–Kier alpha value is -4.35. The van der Waals surface area contributed by atoms with Crippen molar-refractivity contribution in [2.24, 2.45) is 7.05 Å². The average Bonchev–Trinajstić information content (AvgIpc) is 3.27. The summed E-state index contributed by atoms with van der Waals surface area (Å²) in [6, 6.07) is 6.36. The Morgan fingerprint density at radius 1 is 1.20 bits per heavy atom. The SMILES string of the molecule is CC=CCn1c(N2CCC[C@@H](NC(=O)OC(C)(C)C)C2)nc2c1c(=O)n(CC(=O)c1ccccc1N)c(=O)n2C. The Labute approximate surface area is 232 Å². The highest BCUT2D eigenvalue weighted by Crippen LogP contribution is 2.24. The number of ether oxygens (including phenoxy) is 1. The number of piperidine rings is 1. The van der Waals surface area contributed by atoms with Gasteiger partial charge in [0.25, 0.3) is 5.56 Å². The summed E-state index contributed by atoms with van der Waals surface area (Å²) in [4.78, 5) is 59.2. The van der Waals surface area contributed by atoms with Crippen LogP contribution in [0.3, 0.4) is 0 Å². The fraction of sp³-hybridized carbons (Fsp3) is 0.464. The van der Waals surface area contributed by atoms with E-state index in [-0.39, 0.29) is 28.5 Å². The lowest BCUT2D eigenvalue weighted by molar-refractivity contribution is 0.0499. The van der Waals surface area contributed by atoms with E-state index in [4.69, 9.17) is 15.5 Å². The van der Waals surface area contributed by atoms with Crippen LogP contribution in [0.1, 0.15) is 50.9 Å². The summed E-state index contributed by atoms with van der Waals surface area (Å²) in [5, 5.41) is 2.93. The van der Waals surface area contributed by atoms with E-state index >= 15 is 0 Å². The number of nitrogens with zero attached hydrogens (tertiary/aromatic N) is 5. The number of benzene rings is 1. The molecule has 1 aromatic carbocycles. The van der Waals surface area contributed by atoms with Crippen LogP contribution in [0.15, 0.2) is 46.0 Å². The topological polar surface area (TPSA) is 146 Å². The second-order valence-electron chi connectivity index (χ2n) is 10.9. The molecule has 1 fully saturated rings. The highest BCUT2D eigenvalue weighted by Gasteiger charge is 2.29. The molecule has 1 atom stereocenters. The minimum Gasteiger partial charge on any atom is -0.444 e. The standard InChI is InChI=1S/C28H37N7O5/c1-6-7-15-34-22-23(31-25(34)33-14-10-11-18(16-33)30-26(38)40-28(2,3)4)32(5)27(39)35(24(22)37)17-21(36)19-12-8-9-13-20(19)29/h6-9,12-13,18H,10-11,14-17,29H2,1-5H3,(H,30,38)/t18-/m1/s1. The molecule has 4 rings (SSSR count). The number of nitrogens with two attached hydrogens (primary N) is 1. The lowest BCUT2D eigenvalue weighted by atomic mass is 10.1. The quantitative estimate of drug-likeness (QED) is 0.259. The first-order valence-corrected chi connectivity index (χ1v) is 13.3. The summed E-state index contributed by atoms with van der Waals surface area (Å²) >= 11 is 0. The molecule has 3 aromatic rings. The van der Waals surface area contributed by atoms with Gasteiger partial charge in [-0.15, -0.1) is 0 Å². The van der Waals surface area contributed by atoms with Gasteiger partial charge in [-0.25, -0.2) is 9.59 Å². The van der Waals surface area contributed by atoms with E-state index in [9.17, 15) is 19.2 Å². The number of nitrogen functional groups attached to an aromatic ring is 1. The number of ketones is 1. The number of nitrogens with one attached hydrogen (secondary N) is 1. The Morgan fingerprint density at radius 2 is 1.93 bits per heavy atom. The molecule has 0 unspecified atom stereocenters. The molecule has 12 nitrogen and oxygen atoms in total. The molecule has 0 aliphatic carbocycles. The number of imidazole rings is 1. The van der Waals surface area contributed by atoms with E-state index in [1.807, 2.05) is 44.7 Å². The van der Waals surface area contributed by atoms with Crippen LogP contribution in [0, 0.1) is 0 Å². The number of carbonyl (C=O) groups excluding carboxylic acids is 2. The molecule has 3 N–H and O–H groups in total. The molecule has 3 heterocycles. The Bertz CT molecular complexity index is 1570. The van der Waals surface area contributed by atoms with Crippen molar-refractivity contribution >= 4 is 34.7 Å². The van der Waals surface area contributed by atoms with Crippen LogP contribution in [-0.2, 0) is 24.9 Å². The van der Waals surface area contributed by atoms with Crippen molar-refractivity contribution in [1.29, 1.82) is 0 Å². The van der Waals surface area contributed by atoms with Gasteiger partial charge in [-0.3, -0.25) is 18.7 Å². The van der Waals surface area contributed by atoms with Gasteiger partial charge in [0.1, 0.15) is 5.60 Å². The third-order valence-corrected chi connectivity index (χ3v) is 6.72. The molecule has 2 aromatic heterocycles. The molecule has 0 bridgehead atoms. The zero-order valence-corrected chi connectivity index (χ0v) is 23.6. The van der Waals surface area contributed by atoms with Gasteiger partial charge in [0.15, 0.2) is 16.9 Å². The number of allylic oxidation sites excluding steroid dienone is 2. The molecule has 0 spiro atoms. The molecule has 1 aliphatic rings. The third kappa shape index (κ3) is 5.95. The molecule has 0 radical (unpaired) electrons. The number of para-hydroxylation sites is 1. The Balaban J connectivity index is 1.74. The van der Waals surface area contributed by atoms with Gasteiger partial charge in [0.2, 0.25) is 5.95 Å². The molecular weight excluding hydrogens is 514 g/mol. The van der Waals surface area contributed by atoms with Crippen molar-refractivity contribution in [3.05, 3.63) is 62.8 Å². The first kappa shape index (κ1) is 28.7. The Morgan fingerprint density at radius 3 is 2.60 bits per heavy atom. The van der Waals surface area contributed by atoms with E-state index in [0.29, 0.717) is 25.6 Å². The normalized spacial score (nSPS) is 16.0. The number of carbonyl (C=O) groups is 2. The molecule has 1 amide bonds. The fourth-order valence-corrected chi connectivity index (χ4v) is 4.86. The van der Waals surface area contributed by atoms with E-state index < -0.39 is 35.3 Å². The minimum atomic E-state index is -0.648. The average molecular weight is 552 g/mol. The summed E-state index contributed by atoms with van der Waals surface area (Å²) in [5.41, 5.74) is 5.05. The maximum Gasteiger partial charge on any atom is 0.407 e. The van der Waals surface area contributed by atoms with E-state index in [1.165, 1.54) is 11.6 Å². The second kappa shape index (κ2) is 11.4. The van der Waals surface area contributed by atoms with Crippen molar-refractivity contribution in [3.8, 4) is 0 Å². The Kier molecular flexibility index (Phi) is 8.17. The van der Waals surface area contributed by atoms with Crippen molar-refractivity contribution < 1.29 is 14.3 Å². The van der Waals surface area contributed by atoms with Gasteiger partial charge in [-0.05, 0) is 52.7 Å². The van der Waals surface area contributed by atoms with Crippen molar-refractivity contribution in [2.75, 3.05) is 23.7 Å². The molecule has 0 saturated carbocycles. The van der Waals surface area contributed by atoms with Crippen molar-refractivity contribution in [1.82, 2.24) is 24.0 Å². The van der Waals surface area contributed by atoms with Gasteiger partial charge in [-0.1, -0.05) is 24.3 Å². The highest BCUT2D eigenvalue weighted by atomic mass is 16.6. The van der Waals surface area contributed by atoms with Gasteiger partial charge in [0.05, 0.1) is 6.54 Å². The minimum absolute atomic E-state index is 0.187. The number of hydrogen-bond donors (Lipinski definition) is 2. The van der Waals surface area contributed by atoms with Gasteiger partial charge in [-0.2, -0.15) is 4.98 Å². The van der Waals surface area contributed by atoms with Gasteiger partial charge < -0.3 is 25.3 Å². The molecule has 12 heteroatoms. The number of amides is 1. The zero-order chi connectivity index (χ0) is 29.2. The number of aromatic nitrogens is 4. The van der Waals surface area contributed by atoms with Crippen molar-refractivity contribution in [2.45, 2.75) is 65.3 Å². The maximum absolute atomic E-state index is 13.8. The number of aryl methyl sites for hydroxylation is 1. The number of rotatable bonds is 7. The molecular formula is C28H37N7O5. The lowest BCUT2D eigenvalue weighted by Crippen LogP contribution is -2.49. The van der Waals surface area contributed by atoms with Crippen molar-refractivity contribution in [3.63, 3.8) is 0 Å². The predicted molar refractivity (Wildman–Crippen MR) is 154 cm³/mol. The summed E-state index contributed by atoms with van der Waals surface area (Å²) in [5.74, 6) is 0.0655. The largest absolute Gasteiger partial charge is 0.444 e. The van der Waals surface area contributed by atoms with Crippen LogP contribution in [0.5, 0.6) is 0 Å². The van der Waals surface area contributed by atoms with Crippen LogP contribution in [0.2, 0.25) is 0 Å². The number of alkyl carbamates (subject to hydrolysis) is 1. The number of Topliss-reactive ketones (excluding diaryl/α,β-unsaturated/α-hetero) is 1. The fourth-order valence-electron chi connectivity index (χ4n) is 4.86. The van der Waals surface area contributed by atoms with Gasteiger partial charge in [0, 0.05) is 44.0 Å². The molecule has 214 valence electrons. The van der Waals surface area contributed by atoms with Crippen LogP contribution in [-0.4, -0.2) is 55.3 Å². The van der Waals surface area contributed by atoms with E-state index in [2.05, 4.69) is 5.32 Å². The number of anilines is 2. The molecule has 40 heavy (non-hydrogen) atoms. The summed E-state index contributed by atoms with van der Waals surface area (Å²) in [7, 11) is 1.53. The number of hydrogen-bond acceptors (Lipinski definition) is 8. The van der Waals surface area contributed by atoms with E-state index in [1.54, 1.807) is 28.8 Å². The highest BCUT2D eigenvalue weighted by molar-refractivity contribution is 6.00. The third-order valence-electron chi connectivity index (χ3n) is 6.72. The lowest BCUT2D eigenvalue weighted by Gasteiger charge is -2.34. The smallest absolute Gasteiger partial charge is 0.407 e. The first-order chi connectivity index (χ1) is 18.9.